The van der Waals surface area contributed by atoms with Crippen LogP contribution in [0.3, 0.4) is 0 Å². The summed E-state index contributed by atoms with van der Waals surface area (Å²) in [6.07, 6.45) is 3.98. The number of nitrogens with two attached hydrogens (primary N) is 1. The molecular weight excluding hydrogens is 238 g/mol. The molecule has 1 saturated heterocycles. The van der Waals surface area contributed by atoms with Gasteiger partial charge in [-0.25, -0.2) is 4.98 Å². The molecule has 0 amide bonds. The van der Waals surface area contributed by atoms with Crippen LogP contribution >= 0.6 is 0 Å². The van der Waals surface area contributed by atoms with Crippen LogP contribution in [0.25, 0.3) is 11.0 Å². The summed E-state index contributed by atoms with van der Waals surface area (Å²) in [4.78, 5) is 4.50. The van der Waals surface area contributed by atoms with Crippen LogP contribution in [0.2, 0.25) is 0 Å². The van der Waals surface area contributed by atoms with Crippen LogP contribution in [0, 0.1) is 12.8 Å². The quantitative estimate of drug-likeness (QED) is 0.900. The molecule has 0 radical (unpaired) electrons. The third-order valence-electron chi connectivity index (χ3n) is 4.39. The van der Waals surface area contributed by atoms with E-state index in [4.69, 9.17) is 10.5 Å². The summed E-state index contributed by atoms with van der Waals surface area (Å²) < 4.78 is 8.15. The van der Waals surface area contributed by atoms with Gasteiger partial charge in [-0.1, -0.05) is 6.07 Å². The Balaban J connectivity index is 1.84. The molecule has 2 aromatic rings. The molecule has 4 rings (SSSR count). The first kappa shape index (κ1) is 11.3. The first-order valence-electron chi connectivity index (χ1n) is 7.10. The molecular formula is C15H19N3O. The zero-order valence-corrected chi connectivity index (χ0v) is 11.2. The van der Waals surface area contributed by atoms with Crippen LogP contribution in [0.1, 0.15) is 30.9 Å². The van der Waals surface area contributed by atoms with Gasteiger partial charge in [-0.15, -0.1) is 0 Å². The van der Waals surface area contributed by atoms with Gasteiger partial charge in [0, 0.05) is 6.61 Å². The van der Waals surface area contributed by atoms with Gasteiger partial charge in [0.15, 0.2) is 0 Å². The van der Waals surface area contributed by atoms with Gasteiger partial charge in [-0.05, 0) is 49.8 Å². The fraction of sp³-hybridized carbons (Fsp3) is 0.533. The van der Waals surface area contributed by atoms with Crippen molar-refractivity contribution in [1.29, 1.82) is 0 Å². The van der Waals surface area contributed by atoms with Crippen molar-refractivity contribution in [2.24, 2.45) is 5.92 Å². The Morgan fingerprint density at radius 2 is 2.16 bits per heavy atom. The van der Waals surface area contributed by atoms with Gasteiger partial charge in [0.1, 0.15) is 0 Å². The summed E-state index contributed by atoms with van der Waals surface area (Å²) in [5.41, 5.74) is 9.55. The standard InChI is InChI=1S/C15H19N3O/c1-9-2-5-11-13(8-9)18(15(16)17-11)12-6-7-19-14(12)10-3-4-10/h2,5,8,10,12,14H,3-4,6-7H2,1H3,(H2,16,17). The summed E-state index contributed by atoms with van der Waals surface area (Å²) in [5, 5.41) is 0. The predicted octanol–water partition coefficient (Wildman–Crippen LogP) is 2.67. The van der Waals surface area contributed by atoms with Crippen LogP contribution < -0.4 is 5.73 Å². The number of ether oxygens (including phenoxy) is 1. The number of aromatic nitrogens is 2. The van der Waals surface area contributed by atoms with E-state index < -0.39 is 0 Å². The molecule has 2 unspecified atom stereocenters. The number of nitrogen functional groups attached to an aromatic ring is 1. The maximum absolute atomic E-state index is 6.16. The minimum absolute atomic E-state index is 0.334. The van der Waals surface area contributed by atoms with Crippen molar-refractivity contribution in [3.63, 3.8) is 0 Å². The maximum Gasteiger partial charge on any atom is 0.201 e. The SMILES string of the molecule is Cc1ccc2nc(N)n(C3CCOC3C3CC3)c2c1. The average molecular weight is 257 g/mol. The van der Waals surface area contributed by atoms with E-state index in [1.807, 2.05) is 0 Å². The first-order chi connectivity index (χ1) is 9.24. The van der Waals surface area contributed by atoms with Crippen LogP contribution in [0.4, 0.5) is 5.95 Å². The molecule has 0 bridgehead atoms. The molecule has 1 aromatic carbocycles. The van der Waals surface area contributed by atoms with Gasteiger partial charge in [-0.3, -0.25) is 0 Å². The minimum atomic E-state index is 0.334. The van der Waals surface area contributed by atoms with Crippen LogP contribution in [0.15, 0.2) is 18.2 Å². The number of benzene rings is 1. The van der Waals surface area contributed by atoms with Crippen molar-refractivity contribution in [2.45, 2.75) is 38.3 Å². The molecule has 100 valence electrons. The Morgan fingerprint density at radius 3 is 2.95 bits per heavy atom. The summed E-state index contributed by atoms with van der Waals surface area (Å²) in [6.45, 7) is 2.95. The highest BCUT2D eigenvalue weighted by molar-refractivity contribution is 5.79. The maximum atomic E-state index is 6.16. The predicted molar refractivity (Wildman–Crippen MR) is 75.0 cm³/mol. The van der Waals surface area contributed by atoms with Crippen molar-refractivity contribution in [2.75, 3.05) is 12.3 Å². The van der Waals surface area contributed by atoms with Gasteiger partial charge >= 0.3 is 0 Å². The molecule has 1 saturated carbocycles. The van der Waals surface area contributed by atoms with Gasteiger partial charge in [0.25, 0.3) is 0 Å². The Bertz CT molecular complexity index is 630. The van der Waals surface area contributed by atoms with Crippen molar-refractivity contribution < 1.29 is 4.74 Å². The Labute approximate surface area is 112 Å². The number of fused-ring (bicyclic) bond motifs is 1. The van der Waals surface area contributed by atoms with E-state index >= 15 is 0 Å². The largest absolute Gasteiger partial charge is 0.376 e. The molecule has 1 aromatic heterocycles. The first-order valence-corrected chi connectivity index (χ1v) is 7.10. The number of rotatable bonds is 2. The molecule has 2 atom stereocenters. The van der Waals surface area contributed by atoms with E-state index in [0.29, 0.717) is 18.1 Å². The summed E-state index contributed by atoms with van der Waals surface area (Å²) in [6, 6.07) is 6.68. The highest BCUT2D eigenvalue weighted by Crippen LogP contribution is 2.44. The number of hydrogen-bond acceptors (Lipinski definition) is 3. The molecule has 2 heterocycles. The second kappa shape index (κ2) is 3.97. The number of aryl methyl sites for hydroxylation is 1. The monoisotopic (exact) mass is 257 g/mol. The third-order valence-corrected chi connectivity index (χ3v) is 4.39. The number of hydrogen-bond donors (Lipinski definition) is 1. The van der Waals surface area contributed by atoms with Crippen molar-refractivity contribution in [3.8, 4) is 0 Å². The molecule has 1 aliphatic carbocycles. The number of anilines is 1. The normalized spacial score (nSPS) is 27.2. The second-order valence-electron chi connectivity index (χ2n) is 5.86. The molecule has 19 heavy (non-hydrogen) atoms. The zero-order valence-electron chi connectivity index (χ0n) is 11.2. The van der Waals surface area contributed by atoms with Crippen LogP contribution in [-0.2, 0) is 4.74 Å². The van der Waals surface area contributed by atoms with Crippen molar-refractivity contribution in [3.05, 3.63) is 23.8 Å². The van der Waals surface area contributed by atoms with Gasteiger partial charge in [-0.2, -0.15) is 0 Å². The Morgan fingerprint density at radius 1 is 1.32 bits per heavy atom. The number of nitrogens with zero attached hydrogens (tertiary/aromatic N) is 2. The van der Waals surface area contributed by atoms with E-state index in [9.17, 15) is 0 Å². The highest BCUT2D eigenvalue weighted by atomic mass is 16.5. The van der Waals surface area contributed by atoms with E-state index in [-0.39, 0.29) is 0 Å². The van der Waals surface area contributed by atoms with E-state index in [1.54, 1.807) is 0 Å². The lowest BCUT2D eigenvalue weighted by molar-refractivity contribution is 0.0762. The molecule has 2 N–H and O–H groups in total. The Hall–Kier alpha value is -1.55. The zero-order chi connectivity index (χ0) is 13.0. The average Bonchev–Trinajstić information content (AvgIpc) is 3.03. The fourth-order valence-corrected chi connectivity index (χ4v) is 3.32. The van der Waals surface area contributed by atoms with Gasteiger partial charge < -0.3 is 15.0 Å². The van der Waals surface area contributed by atoms with E-state index in [1.165, 1.54) is 18.4 Å². The van der Waals surface area contributed by atoms with Gasteiger partial charge in [0.2, 0.25) is 5.95 Å². The fourth-order valence-electron chi connectivity index (χ4n) is 3.32. The smallest absolute Gasteiger partial charge is 0.201 e. The van der Waals surface area contributed by atoms with Crippen LogP contribution in [-0.4, -0.2) is 22.3 Å². The minimum Gasteiger partial charge on any atom is -0.376 e. The molecule has 0 spiro atoms. The molecule has 4 heteroatoms. The molecule has 2 fully saturated rings. The lowest BCUT2D eigenvalue weighted by Gasteiger charge is -2.21. The topological polar surface area (TPSA) is 53.1 Å². The third kappa shape index (κ3) is 1.74. The van der Waals surface area contributed by atoms with Gasteiger partial charge in [0.05, 0.1) is 23.2 Å². The summed E-state index contributed by atoms with van der Waals surface area (Å²) >= 11 is 0. The van der Waals surface area contributed by atoms with Crippen molar-refractivity contribution in [1.82, 2.24) is 9.55 Å². The molecule has 4 nitrogen and oxygen atoms in total. The highest BCUT2D eigenvalue weighted by Gasteiger charge is 2.42. The Kier molecular flexibility index (Phi) is 2.36. The lowest BCUT2D eigenvalue weighted by atomic mass is 10.1. The molecule has 2 aliphatic rings. The summed E-state index contributed by atoms with van der Waals surface area (Å²) in [7, 11) is 0. The molecule has 1 aliphatic heterocycles. The lowest BCUT2D eigenvalue weighted by Crippen LogP contribution is -2.23. The van der Waals surface area contributed by atoms with Crippen molar-refractivity contribution >= 4 is 17.0 Å². The second-order valence-corrected chi connectivity index (χ2v) is 5.86. The summed E-state index contributed by atoms with van der Waals surface area (Å²) in [5.74, 6) is 1.36. The number of imidazole rings is 1. The van der Waals surface area contributed by atoms with Crippen LogP contribution in [0.5, 0.6) is 0 Å². The van der Waals surface area contributed by atoms with E-state index in [2.05, 4.69) is 34.7 Å². The van der Waals surface area contributed by atoms with E-state index in [0.717, 1.165) is 30.0 Å².